The number of likely N-dealkylation sites (tertiary alicyclic amines) is 1. The lowest BCUT2D eigenvalue weighted by Crippen LogP contribution is -2.43. The number of nitrogens with zero attached hydrogens (tertiary/aromatic N) is 1. The van der Waals surface area contributed by atoms with Gasteiger partial charge >= 0.3 is 0 Å². The largest absolute Gasteiger partial charge is 0.497 e. The molecule has 1 aliphatic heterocycles. The van der Waals surface area contributed by atoms with Gasteiger partial charge < -0.3 is 20.3 Å². The number of carbonyl (C=O) groups is 1. The maximum atomic E-state index is 11.0. The Morgan fingerprint density at radius 2 is 2.09 bits per heavy atom. The minimum atomic E-state index is -1.02. The van der Waals surface area contributed by atoms with Crippen LogP contribution >= 0.6 is 0 Å². The summed E-state index contributed by atoms with van der Waals surface area (Å²) in [6, 6.07) is 7.53. The van der Waals surface area contributed by atoms with E-state index in [1.807, 2.05) is 24.3 Å². The summed E-state index contributed by atoms with van der Waals surface area (Å²) >= 11 is 0. The normalized spacial score (nSPS) is 17.9. The van der Waals surface area contributed by atoms with Crippen LogP contribution in [0.15, 0.2) is 24.3 Å². The first kappa shape index (κ1) is 16.6. The summed E-state index contributed by atoms with van der Waals surface area (Å²) in [5.74, 6) is 0.921. The summed E-state index contributed by atoms with van der Waals surface area (Å²) in [5.41, 5.74) is 5.14. The van der Waals surface area contributed by atoms with E-state index in [2.05, 4.69) is 4.90 Å². The van der Waals surface area contributed by atoms with Crippen molar-refractivity contribution in [1.29, 1.82) is 0 Å². The maximum Gasteiger partial charge on any atom is 0.246 e. The van der Waals surface area contributed by atoms with Crippen LogP contribution in [-0.2, 0) is 4.79 Å². The Bertz CT molecular complexity index is 487. The Kier molecular flexibility index (Phi) is 6.03. The van der Waals surface area contributed by atoms with E-state index >= 15 is 0 Å². The number of aliphatic hydroxyl groups is 1. The predicted molar refractivity (Wildman–Crippen MR) is 82.9 cm³/mol. The van der Waals surface area contributed by atoms with E-state index in [0.717, 1.165) is 44.0 Å². The van der Waals surface area contributed by atoms with Gasteiger partial charge in [-0.15, -0.1) is 0 Å². The second-order valence-electron chi connectivity index (χ2n) is 5.55. The molecule has 1 aromatic rings. The van der Waals surface area contributed by atoms with Crippen LogP contribution in [0.25, 0.3) is 0 Å². The summed E-state index contributed by atoms with van der Waals surface area (Å²) in [5, 5.41) is 9.68. The summed E-state index contributed by atoms with van der Waals surface area (Å²) in [6.45, 7) is 3.10. The number of methoxy groups -OCH3 is 1. The molecule has 0 radical (unpaired) electrons. The van der Waals surface area contributed by atoms with Crippen molar-refractivity contribution in [2.75, 3.05) is 33.4 Å². The van der Waals surface area contributed by atoms with Crippen molar-refractivity contribution in [1.82, 2.24) is 4.90 Å². The van der Waals surface area contributed by atoms with Crippen molar-refractivity contribution in [3.8, 4) is 11.5 Å². The number of rotatable bonds is 7. The molecule has 0 aliphatic carbocycles. The molecule has 0 spiro atoms. The van der Waals surface area contributed by atoms with E-state index in [1.54, 1.807) is 7.11 Å². The molecule has 1 heterocycles. The van der Waals surface area contributed by atoms with Gasteiger partial charge in [-0.25, -0.2) is 0 Å². The smallest absolute Gasteiger partial charge is 0.246 e. The Morgan fingerprint density at radius 3 is 2.73 bits per heavy atom. The SMILES string of the molecule is COc1cccc(OCCN2CCC([C@H](O)C(N)=O)CC2)c1. The standard InChI is InChI=1S/C16H24N2O4/c1-21-13-3-2-4-14(11-13)22-10-9-18-7-5-12(6-8-18)15(19)16(17)20/h2-4,11-12,15,19H,5-10H2,1H3,(H2,17,20)/t15-/m0/s1. The van der Waals surface area contributed by atoms with Gasteiger partial charge in [-0.05, 0) is 44.0 Å². The average molecular weight is 308 g/mol. The number of ether oxygens (including phenoxy) is 2. The van der Waals surface area contributed by atoms with Gasteiger partial charge in [-0.2, -0.15) is 0 Å². The topological polar surface area (TPSA) is 85.0 Å². The van der Waals surface area contributed by atoms with Crippen molar-refractivity contribution < 1.29 is 19.4 Å². The molecular formula is C16H24N2O4. The minimum absolute atomic E-state index is 0.0203. The molecular weight excluding hydrogens is 284 g/mol. The van der Waals surface area contributed by atoms with Crippen molar-refractivity contribution in [3.63, 3.8) is 0 Å². The van der Waals surface area contributed by atoms with E-state index in [-0.39, 0.29) is 5.92 Å². The van der Waals surface area contributed by atoms with Crippen LogP contribution in [0.1, 0.15) is 12.8 Å². The van der Waals surface area contributed by atoms with Crippen LogP contribution in [0, 0.1) is 5.92 Å². The number of primary amides is 1. The molecule has 122 valence electrons. The Balaban J connectivity index is 1.69. The molecule has 22 heavy (non-hydrogen) atoms. The first-order valence-corrected chi connectivity index (χ1v) is 7.56. The fraction of sp³-hybridized carbons (Fsp3) is 0.562. The van der Waals surface area contributed by atoms with E-state index in [1.165, 1.54) is 0 Å². The van der Waals surface area contributed by atoms with E-state index in [9.17, 15) is 9.90 Å². The average Bonchev–Trinajstić information content (AvgIpc) is 2.55. The highest BCUT2D eigenvalue weighted by Gasteiger charge is 2.28. The van der Waals surface area contributed by atoms with E-state index in [4.69, 9.17) is 15.2 Å². The quantitative estimate of drug-likeness (QED) is 0.772. The van der Waals surface area contributed by atoms with Gasteiger partial charge in [0.2, 0.25) is 5.91 Å². The number of hydrogen-bond donors (Lipinski definition) is 2. The highest BCUT2D eigenvalue weighted by Crippen LogP contribution is 2.21. The molecule has 3 N–H and O–H groups in total. The molecule has 1 aromatic carbocycles. The first-order valence-electron chi connectivity index (χ1n) is 7.56. The Morgan fingerprint density at radius 1 is 1.41 bits per heavy atom. The summed E-state index contributed by atoms with van der Waals surface area (Å²) in [6.07, 6.45) is 0.544. The van der Waals surface area contributed by atoms with E-state index < -0.39 is 12.0 Å². The van der Waals surface area contributed by atoms with Crippen molar-refractivity contribution in [2.45, 2.75) is 18.9 Å². The van der Waals surface area contributed by atoms with Gasteiger partial charge in [0.1, 0.15) is 24.2 Å². The highest BCUT2D eigenvalue weighted by molar-refractivity contribution is 5.78. The minimum Gasteiger partial charge on any atom is -0.497 e. The van der Waals surface area contributed by atoms with Crippen LogP contribution in [0.5, 0.6) is 11.5 Å². The summed E-state index contributed by atoms with van der Waals surface area (Å²) in [7, 11) is 1.63. The molecule has 1 aliphatic rings. The van der Waals surface area contributed by atoms with Crippen molar-refractivity contribution >= 4 is 5.91 Å². The molecule has 0 unspecified atom stereocenters. The van der Waals surface area contributed by atoms with Gasteiger partial charge in [0, 0.05) is 12.6 Å². The first-order chi connectivity index (χ1) is 10.6. The Hall–Kier alpha value is -1.79. The zero-order chi connectivity index (χ0) is 15.9. The van der Waals surface area contributed by atoms with Gasteiger partial charge in [-0.1, -0.05) is 6.07 Å². The Labute approximate surface area is 130 Å². The predicted octanol–water partition coefficient (Wildman–Crippen LogP) is 0.632. The molecule has 1 saturated heterocycles. The molecule has 1 fully saturated rings. The molecule has 1 amide bonds. The van der Waals surface area contributed by atoms with E-state index in [0.29, 0.717) is 6.61 Å². The third kappa shape index (κ3) is 4.61. The van der Waals surface area contributed by atoms with Crippen LogP contribution in [0.4, 0.5) is 0 Å². The summed E-state index contributed by atoms with van der Waals surface area (Å²) in [4.78, 5) is 13.3. The lowest BCUT2D eigenvalue weighted by Gasteiger charge is -2.33. The number of benzene rings is 1. The molecule has 0 saturated carbocycles. The molecule has 0 bridgehead atoms. The molecule has 1 atom stereocenters. The molecule has 0 aromatic heterocycles. The van der Waals surface area contributed by atoms with Crippen LogP contribution in [0.3, 0.4) is 0 Å². The molecule has 6 nitrogen and oxygen atoms in total. The van der Waals surface area contributed by atoms with Crippen LogP contribution in [-0.4, -0.2) is 55.4 Å². The second kappa shape index (κ2) is 8.00. The van der Waals surface area contributed by atoms with Gasteiger partial charge in [0.15, 0.2) is 0 Å². The third-order valence-electron chi connectivity index (χ3n) is 4.09. The lowest BCUT2D eigenvalue weighted by atomic mass is 9.91. The van der Waals surface area contributed by atoms with Crippen LogP contribution < -0.4 is 15.2 Å². The summed E-state index contributed by atoms with van der Waals surface area (Å²) < 4.78 is 10.9. The number of nitrogens with two attached hydrogens (primary N) is 1. The van der Waals surface area contributed by atoms with Crippen LogP contribution in [0.2, 0.25) is 0 Å². The monoisotopic (exact) mass is 308 g/mol. The van der Waals surface area contributed by atoms with Gasteiger partial charge in [-0.3, -0.25) is 9.69 Å². The fourth-order valence-electron chi connectivity index (χ4n) is 2.71. The lowest BCUT2D eigenvalue weighted by molar-refractivity contribution is -0.129. The van der Waals surface area contributed by atoms with Gasteiger partial charge in [0.05, 0.1) is 7.11 Å². The number of carbonyl (C=O) groups excluding carboxylic acids is 1. The number of aliphatic hydroxyl groups excluding tert-OH is 1. The van der Waals surface area contributed by atoms with Crippen molar-refractivity contribution in [3.05, 3.63) is 24.3 Å². The third-order valence-corrected chi connectivity index (χ3v) is 4.09. The second-order valence-corrected chi connectivity index (χ2v) is 5.55. The molecule has 2 rings (SSSR count). The number of piperidine rings is 1. The number of hydrogen-bond acceptors (Lipinski definition) is 5. The van der Waals surface area contributed by atoms with Gasteiger partial charge in [0.25, 0.3) is 0 Å². The molecule has 6 heteroatoms. The highest BCUT2D eigenvalue weighted by atomic mass is 16.5. The van der Waals surface area contributed by atoms with Crippen molar-refractivity contribution in [2.24, 2.45) is 11.7 Å². The number of amides is 1. The maximum absolute atomic E-state index is 11.0. The zero-order valence-corrected chi connectivity index (χ0v) is 12.9. The fourth-order valence-corrected chi connectivity index (χ4v) is 2.71. The zero-order valence-electron chi connectivity index (χ0n) is 12.9.